The van der Waals surface area contributed by atoms with Gasteiger partial charge < -0.3 is 10.1 Å². The van der Waals surface area contributed by atoms with Gasteiger partial charge in [0.1, 0.15) is 5.75 Å². The Morgan fingerprint density at radius 3 is 2.57 bits per heavy atom. The van der Waals surface area contributed by atoms with Gasteiger partial charge in [0, 0.05) is 18.0 Å². The van der Waals surface area contributed by atoms with Crippen molar-refractivity contribution in [2.24, 2.45) is 5.92 Å². The van der Waals surface area contributed by atoms with Gasteiger partial charge in [-0.25, -0.2) is 0 Å². The van der Waals surface area contributed by atoms with E-state index in [-0.39, 0.29) is 17.8 Å². The second kappa shape index (κ2) is 6.61. The minimum absolute atomic E-state index is 0.118. The largest absolute Gasteiger partial charge is 0.491 e. The van der Waals surface area contributed by atoms with Gasteiger partial charge in [-0.1, -0.05) is 0 Å². The predicted octanol–water partition coefficient (Wildman–Crippen LogP) is 3.58. The number of Topliss-reactive ketones (excluding diaryl/α,β-unsaturated/α-hetero) is 1. The molecule has 116 valence electrons. The van der Waals surface area contributed by atoms with Gasteiger partial charge in [0.05, 0.1) is 6.10 Å². The molecule has 1 aromatic carbocycles. The van der Waals surface area contributed by atoms with Gasteiger partial charge in [0.2, 0.25) is 0 Å². The van der Waals surface area contributed by atoms with E-state index in [1.807, 2.05) is 40.7 Å². The number of nitrogens with one attached hydrogen (secondary N) is 1. The molecular formula is C18H27NO2. The van der Waals surface area contributed by atoms with Gasteiger partial charge in [0.15, 0.2) is 5.78 Å². The van der Waals surface area contributed by atoms with Crippen LogP contribution in [0.15, 0.2) is 6.07 Å². The van der Waals surface area contributed by atoms with Crippen LogP contribution in [0.1, 0.15) is 53.7 Å². The van der Waals surface area contributed by atoms with Crippen molar-refractivity contribution in [1.82, 2.24) is 5.32 Å². The van der Waals surface area contributed by atoms with Gasteiger partial charge in [-0.2, -0.15) is 0 Å². The molecule has 0 aromatic heterocycles. The lowest BCUT2D eigenvalue weighted by Crippen LogP contribution is -2.35. The molecule has 3 nitrogen and oxygen atoms in total. The van der Waals surface area contributed by atoms with E-state index >= 15 is 0 Å². The fourth-order valence-corrected chi connectivity index (χ4v) is 3.08. The number of ketones is 1. The third kappa shape index (κ3) is 3.46. The first-order valence-corrected chi connectivity index (χ1v) is 7.94. The van der Waals surface area contributed by atoms with Crippen molar-refractivity contribution in [3.63, 3.8) is 0 Å². The molecule has 0 amide bonds. The lowest BCUT2D eigenvalue weighted by atomic mass is 9.85. The number of hydrogen-bond acceptors (Lipinski definition) is 3. The van der Waals surface area contributed by atoms with Gasteiger partial charge in [-0.05, 0) is 76.8 Å². The Balaban J connectivity index is 2.35. The molecule has 1 fully saturated rings. The number of carbonyl (C=O) groups is 1. The number of carbonyl (C=O) groups excluding carboxylic acids is 1. The molecule has 1 aromatic rings. The fraction of sp³-hybridized carbons (Fsp3) is 0.611. The summed E-state index contributed by atoms with van der Waals surface area (Å²) in [4.78, 5) is 12.8. The zero-order valence-corrected chi connectivity index (χ0v) is 13.9. The molecule has 0 radical (unpaired) electrons. The zero-order chi connectivity index (χ0) is 15.6. The standard InChI is InChI=1S/C18H27NO2/c1-11(2)21-16-9-12(3)17(14(5)13(16)4)18(20)15-7-6-8-19-10-15/h9,11,15,19H,6-8,10H2,1-5H3. The molecule has 1 atom stereocenters. The van der Waals surface area contributed by atoms with Crippen LogP contribution in [0.4, 0.5) is 0 Å². The van der Waals surface area contributed by atoms with Crippen molar-refractivity contribution in [2.75, 3.05) is 13.1 Å². The summed E-state index contributed by atoms with van der Waals surface area (Å²) in [5, 5.41) is 3.33. The molecule has 1 heterocycles. The maximum atomic E-state index is 12.8. The first-order valence-electron chi connectivity index (χ1n) is 7.94. The average molecular weight is 289 g/mol. The molecule has 1 aliphatic rings. The van der Waals surface area contributed by atoms with Gasteiger partial charge in [-0.15, -0.1) is 0 Å². The number of aryl methyl sites for hydroxylation is 1. The van der Waals surface area contributed by atoms with E-state index in [1.165, 1.54) is 0 Å². The highest BCUT2D eigenvalue weighted by Crippen LogP contribution is 2.31. The molecule has 0 bridgehead atoms. The normalized spacial score (nSPS) is 18.9. The lowest BCUT2D eigenvalue weighted by molar-refractivity contribution is 0.0898. The van der Waals surface area contributed by atoms with Crippen LogP contribution in [0, 0.1) is 26.7 Å². The Hall–Kier alpha value is -1.35. The first kappa shape index (κ1) is 16.0. The molecule has 1 saturated heterocycles. The maximum absolute atomic E-state index is 12.8. The smallest absolute Gasteiger partial charge is 0.167 e. The van der Waals surface area contributed by atoms with Crippen LogP contribution >= 0.6 is 0 Å². The molecule has 21 heavy (non-hydrogen) atoms. The van der Waals surface area contributed by atoms with Crippen LogP contribution < -0.4 is 10.1 Å². The Labute approximate surface area is 128 Å². The zero-order valence-electron chi connectivity index (χ0n) is 13.9. The third-order valence-electron chi connectivity index (χ3n) is 4.33. The molecule has 1 unspecified atom stereocenters. The van der Waals surface area contributed by atoms with Crippen LogP contribution in [0.2, 0.25) is 0 Å². The summed E-state index contributed by atoms with van der Waals surface area (Å²) in [5.74, 6) is 1.31. The summed E-state index contributed by atoms with van der Waals surface area (Å²) >= 11 is 0. The van der Waals surface area contributed by atoms with E-state index in [1.54, 1.807) is 0 Å². The Morgan fingerprint density at radius 2 is 2.00 bits per heavy atom. The minimum atomic E-state index is 0.118. The van der Waals surface area contributed by atoms with Crippen molar-refractivity contribution in [3.8, 4) is 5.75 Å². The average Bonchev–Trinajstić information content (AvgIpc) is 2.45. The number of rotatable bonds is 4. The van der Waals surface area contributed by atoms with Gasteiger partial charge in [-0.3, -0.25) is 4.79 Å². The van der Waals surface area contributed by atoms with Crippen LogP contribution in [-0.4, -0.2) is 25.0 Å². The van der Waals surface area contributed by atoms with Crippen molar-refractivity contribution in [1.29, 1.82) is 0 Å². The third-order valence-corrected chi connectivity index (χ3v) is 4.33. The molecule has 1 N–H and O–H groups in total. The Bertz CT molecular complexity index is 529. The maximum Gasteiger partial charge on any atom is 0.167 e. The van der Waals surface area contributed by atoms with E-state index in [2.05, 4.69) is 5.32 Å². The number of piperidine rings is 1. The summed E-state index contributed by atoms with van der Waals surface area (Å²) in [6.45, 7) is 12.0. The highest BCUT2D eigenvalue weighted by atomic mass is 16.5. The van der Waals surface area contributed by atoms with E-state index in [0.717, 1.165) is 53.9 Å². The van der Waals surface area contributed by atoms with Crippen LogP contribution in [-0.2, 0) is 0 Å². The number of hydrogen-bond donors (Lipinski definition) is 1. The second-order valence-electron chi connectivity index (χ2n) is 6.39. The monoisotopic (exact) mass is 289 g/mol. The minimum Gasteiger partial charge on any atom is -0.491 e. The summed E-state index contributed by atoms with van der Waals surface area (Å²) in [6.07, 6.45) is 2.22. The van der Waals surface area contributed by atoms with Crippen molar-refractivity contribution in [2.45, 2.75) is 53.6 Å². The highest BCUT2D eigenvalue weighted by molar-refractivity contribution is 6.01. The van der Waals surface area contributed by atoms with Crippen LogP contribution in [0.25, 0.3) is 0 Å². The van der Waals surface area contributed by atoms with E-state index in [0.29, 0.717) is 0 Å². The quantitative estimate of drug-likeness (QED) is 0.861. The molecule has 1 aliphatic heterocycles. The molecular weight excluding hydrogens is 262 g/mol. The highest BCUT2D eigenvalue weighted by Gasteiger charge is 2.26. The van der Waals surface area contributed by atoms with Crippen molar-refractivity contribution >= 4 is 5.78 Å². The van der Waals surface area contributed by atoms with Crippen LogP contribution in [0.5, 0.6) is 5.75 Å². The Kier molecular flexibility index (Phi) is 5.04. The van der Waals surface area contributed by atoms with Crippen molar-refractivity contribution < 1.29 is 9.53 Å². The molecule has 2 rings (SSSR count). The van der Waals surface area contributed by atoms with E-state index < -0.39 is 0 Å². The summed E-state index contributed by atoms with van der Waals surface area (Å²) in [5.41, 5.74) is 4.09. The summed E-state index contributed by atoms with van der Waals surface area (Å²) < 4.78 is 5.86. The number of benzene rings is 1. The fourth-order valence-electron chi connectivity index (χ4n) is 3.08. The molecule has 0 aliphatic carbocycles. The van der Waals surface area contributed by atoms with E-state index in [4.69, 9.17) is 4.74 Å². The van der Waals surface area contributed by atoms with Crippen molar-refractivity contribution in [3.05, 3.63) is 28.3 Å². The second-order valence-corrected chi connectivity index (χ2v) is 6.39. The SMILES string of the molecule is Cc1cc(OC(C)C)c(C)c(C)c1C(=O)C1CCCNC1. The molecule has 0 spiro atoms. The lowest BCUT2D eigenvalue weighted by Gasteiger charge is -2.24. The summed E-state index contributed by atoms with van der Waals surface area (Å²) in [7, 11) is 0. The Morgan fingerprint density at radius 1 is 1.29 bits per heavy atom. The van der Waals surface area contributed by atoms with Gasteiger partial charge >= 0.3 is 0 Å². The van der Waals surface area contributed by atoms with E-state index in [9.17, 15) is 4.79 Å². The molecule has 3 heteroatoms. The summed E-state index contributed by atoms with van der Waals surface area (Å²) in [6, 6.07) is 2.02. The topological polar surface area (TPSA) is 38.3 Å². The van der Waals surface area contributed by atoms with Crippen LogP contribution in [0.3, 0.4) is 0 Å². The van der Waals surface area contributed by atoms with Gasteiger partial charge in [0.25, 0.3) is 0 Å². The predicted molar refractivity (Wildman–Crippen MR) is 86.3 cm³/mol. The number of ether oxygens (including phenoxy) is 1. The molecule has 0 saturated carbocycles. The first-order chi connectivity index (χ1) is 9.91.